The number of anilines is 2. The van der Waals surface area contributed by atoms with E-state index in [1.807, 2.05) is 0 Å². The predicted octanol–water partition coefficient (Wildman–Crippen LogP) is 5.75. The van der Waals surface area contributed by atoms with Gasteiger partial charge in [-0.25, -0.2) is 14.1 Å². The number of aromatic nitrogens is 1. The molecule has 2 aromatic rings. The van der Waals surface area contributed by atoms with Crippen molar-refractivity contribution >= 4 is 30.8 Å². The van der Waals surface area contributed by atoms with Gasteiger partial charge in [0.25, 0.3) is 0 Å². The highest BCUT2D eigenvalue weighted by Gasteiger charge is 2.37. The van der Waals surface area contributed by atoms with Crippen LogP contribution in [-0.2, 0) is 18.1 Å². The van der Waals surface area contributed by atoms with Gasteiger partial charge in [0.1, 0.15) is 22.9 Å². The molecule has 0 fully saturated rings. The maximum atomic E-state index is 13.1. The minimum absolute atomic E-state index is 0.157. The van der Waals surface area contributed by atoms with Crippen LogP contribution in [0.3, 0.4) is 0 Å². The van der Waals surface area contributed by atoms with Crippen molar-refractivity contribution in [2.45, 2.75) is 52.7 Å². The zero-order chi connectivity index (χ0) is 23.3. The van der Waals surface area contributed by atoms with E-state index in [1.165, 1.54) is 0 Å². The van der Waals surface area contributed by atoms with Crippen LogP contribution in [0.5, 0.6) is 5.75 Å². The van der Waals surface area contributed by atoms with Crippen molar-refractivity contribution < 1.29 is 22.9 Å². The summed E-state index contributed by atoms with van der Waals surface area (Å²) in [5.74, 6) is 0.799. The average Bonchev–Trinajstić information content (AvgIpc) is 2.58. The summed E-state index contributed by atoms with van der Waals surface area (Å²) in [6, 6.07) is 10.1. The lowest BCUT2D eigenvalue weighted by Gasteiger charge is -2.30. The van der Waals surface area contributed by atoms with Gasteiger partial charge in [-0.05, 0) is 65.8 Å². The summed E-state index contributed by atoms with van der Waals surface area (Å²) in [4.78, 5) is 3.93. The second-order valence-electron chi connectivity index (χ2n) is 8.55. The molecule has 0 aliphatic heterocycles. The summed E-state index contributed by atoms with van der Waals surface area (Å²) in [5, 5.41) is 8.24. The Morgan fingerprint density at radius 2 is 1.48 bits per heavy atom. The van der Waals surface area contributed by atoms with Gasteiger partial charge in [0, 0.05) is 0 Å². The van der Waals surface area contributed by atoms with Gasteiger partial charge in [-0.15, -0.1) is 10.2 Å². The van der Waals surface area contributed by atoms with Crippen LogP contribution in [0, 0.1) is 0 Å². The normalized spacial score (nSPS) is 13.0. The summed E-state index contributed by atoms with van der Waals surface area (Å²) in [5.41, 5.74) is 10.7. The fourth-order valence-corrected chi connectivity index (χ4v) is 3.90. The number of para-hydroxylation sites is 1. The van der Waals surface area contributed by atoms with Crippen LogP contribution in [0.25, 0.3) is 0 Å². The van der Waals surface area contributed by atoms with Gasteiger partial charge in [-0.1, -0.05) is 12.1 Å². The van der Waals surface area contributed by atoms with Crippen LogP contribution in [0.15, 0.2) is 46.6 Å². The highest BCUT2D eigenvalue weighted by Crippen LogP contribution is 2.55. The lowest BCUT2D eigenvalue weighted by atomic mass is 10.2. The molecule has 0 saturated carbocycles. The third-order valence-electron chi connectivity index (χ3n) is 3.25. The number of nitrogens with two attached hydrogens (primary N) is 2. The lowest BCUT2D eigenvalue weighted by molar-refractivity contribution is -0.0188. The zero-order valence-corrected chi connectivity index (χ0v) is 19.6. The first kappa shape index (κ1) is 24.7. The average molecular weight is 451 g/mol. The van der Waals surface area contributed by atoms with E-state index in [4.69, 9.17) is 29.8 Å². The first-order chi connectivity index (χ1) is 14.3. The van der Waals surface area contributed by atoms with E-state index in [1.54, 1.807) is 77.9 Å². The van der Waals surface area contributed by atoms with E-state index < -0.39 is 19.0 Å². The summed E-state index contributed by atoms with van der Waals surface area (Å²) in [6.07, 6.45) is 0. The molecule has 0 saturated heterocycles. The molecule has 2 rings (SSSR count). The number of nitrogen functional groups attached to an aromatic ring is 2. The van der Waals surface area contributed by atoms with Crippen molar-refractivity contribution in [1.29, 1.82) is 0 Å². The molecule has 0 radical (unpaired) electrons. The van der Waals surface area contributed by atoms with Gasteiger partial charge >= 0.3 is 7.82 Å². The number of azo groups is 1. The molecule has 0 unspecified atom stereocenters. The van der Waals surface area contributed by atoms with Crippen LogP contribution in [-0.4, -0.2) is 23.0 Å². The van der Waals surface area contributed by atoms with Crippen molar-refractivity contribution in [2.75, 3.05) is 18.3 Å². The van der Waals surface area contributed by atoms with E-state index in [0.29, 0.717) is 17.1 Å². The summed E-state index contributed by atoms with van der Waals surface area (Å²) >= 11 is 0. The molecule has 1 aromatic carbocycles. The van der Waals surface area contributed by atoms with Gasteiger partial charge in [-0.3, -0.25) is 9.05 Å². The minimum Gasteiger partial charge on any atom is -0.465 e. The van der Waals surface area contributed by atoms with Crippen LogP contribution in [0.4, 0.5) is 23.0 Å². The zero-order valence-electron chi connectivity index (χ0n) is 18.7. The summed E-state index contributed by atoms with van der Waals surface area (Å²) < 4.78 is 35.2. The first-order valence-electron chi connectivity index (χ1n) is 9.58. The number of hydrogen-bond acceptors (Lipinski definition) is 10. The van der Waals surface area contributed by atoms with Crippen LogP contribution in [0.1, 0.15) is 41.5 Å². The highest BCUT2D eigenvalue weighted by molar-refractivity contribution is 7.48. The quantitative estimate of drug-likeness (QED) is 0.293. The second-order valence-corrected chi connectivity index (χ2v) is 10.1. The number of ether oxygens (including phenoxy) is 1. The maximum absolute atomic E-state index is 13.1. The molecule has 0 atom stereocenters. The van der Waals surface area contributed by atoms with Crippen molar-refractivity contribution in [2.24, 2.45) is 10.2 Å². The molecule has 11 heteroatoms. The number of nitrogens with zero attached hydrogens (tertiary/aromatic N) is 3. The minimum atomic E-state index is -3.90. The van der Waals surface area contributed by atoms with Crippen molar-refractivity contribution in [3.63, 3.8) is 0 Å². The van der Waals surface area contributed by atoms with E-state index in [9.17, 15) is 4.57 Å². The molecule has 0 spiro atoms. The molecule has 0 bridgehead atoms. The Morgan fingerprint density at radius 3 is 2.06 bits per heavy atom. The van der Waals surface area contributed by atoms with Crippen LogP contribution in [0.2, 0.25) is 0 Å². The number of pyridine rings is 1. The standard InChI is InChI=1S/C20H30N5O5P/c1-19(2,3)29-31(26,30-20(4,5)6)28-13-27-16-10-8-7-9-14(16)24-25-15-11-12-17(21)23-18(15)22/h7-12H,13H2,1-6H3,(H4,21,22,23)/b25-24+. The van der Waals surface area contributed by atoms with E-state index >= 15 is 0 Å². The third kappa shape index (κ3) is 8.63. The second kappa shape index (κ2) is 9.74. The SMILES string of the molecule is CC(C)(C)OP(=O)(OCOc1ccccc1/N=N/c1ccc(N)nc1N)OC(C)(C)C. The monoisotopic (exact) mass is 451 g/mol. The predicted molar refractivity (Wildman–Crippen MR) is 120 cm³/mol. The third-order valence-corrected chi connectivity index (χ3v) is 5.22. The topological polar surface area (TPSA) is 144 Å². The van der Waals surface area contributed by atoms with Gasteiger partial charge < -0.3 is 16.2 Å². The summed E-state index contributed by atoms with van der Waals surface area (Å²) in [6.45, 7) is 10.1. The number of hydrogen-bond donors (Lipinski definition) is 2. The fraction of sp³-hybridized carbons (Fsp3) is 0.450. The largest absolute Gasteiger partial charge is 0.478 e. The maximum Gasteiger partial charge on any atom is 0.478 e. The van der Waals surface area contributed by atoms with E-state index in [0.717, 1.165) is 0 Å². The Kier molecular flexibility index (Phi) is 7.77. The van der Waals surface area contributed by atoms with Gasteiger partial charge in [0.15, 0.2) is 12.6 Å². The van der Waals surface area contributed by atoms with Gasteiger partial charge in [0.05, 0.1) is 11.2 Å². The Hall–Kier alpha value is -2.52. The van der Waals surface area contributed by atoms with E-state index in [-0.39, 0.29) is 18.4 Å². The highest BCUT2D eigenvalue weighted by atomic mass is 31.2. The number of phosphoric acid groups is 1. The molecule has 10 nitrogen and oxygen atoms in total. The molecule has 0 aliphatic rings. The number of rotatable bonds is 8. The van der Waals surface area contributed by atoms with Crippen LogP contribution >= 0.6 is 7.82 Å². The Labute approximate surface area is 182 Å². The number of benzene rings is 1. The van der Waals surface area contributed by atoms with Gasteiger partial charge in [-0.2, -0.15) is 0 Å². The first-order valence-corrected chi connectivity index (χ1v) is 11.0. The molecule has 1 aromatic heterocycles. The molecule has 1 heterocycles. The molecular weight excluding hydrogens is 421 g/mol. The molecule has 170 valence electrons. The number of phosphoric ester groups is 1. The molecule has 0 aliphatic carbocycles. The summed E-state index contributed by atoms with van der Waals surface area (Å²) in [7, 11) is -3.90. The van der Waals surface area contributed by atoms with E-state index in [2.05, 4.69) is 15.2 Å². The Morgan fingerprint density at radius 1 is 0.903 bits per heavy atom. The van der Waals surface area contributed by atoms with Crippen molar-refractivity contribution in [1.82, 2.24) is 4.98 Å². The fourth-order valence-electron chi connectivity index (χ4n) is 2.23. The van der Waals surface area contributed by atoms with Gasteiger partial charge in [0.2, 0.25) is 0 Å². The molecule has 0 amide bonds. The molecule has 4 N–H and O–H groups in total. The van der Waals surface area contributed by atoms with Crippen LogP contribution < -0.4 is 16.2 Å². The molecule has 31 heavy (non-hydrogen) atoms. The smallest absolute Gasteiger partial charge is 0.465 e. The Balaban J connectivity index is 2.13. The van der Waals surface area contributed by atoms with Crippen molar-refractivity contribution in [3.05, 3.63) is 36.4 Å². The Bertz CT molecular complexity index is 949. The van der Waals surface area contributed by atoms with Crippen molar-refractivity contribution in [3.8, 4) is 5.75 Å². The molecular formula is C20H30N5O5P. The lowest BCUT2D eigenvalue weighted by Crippen LogP contribution is -2.25.